The van der Waals surface area contributed by atoms with Gasteiger partial charge in [-0.3, -0.25) is 0 Å². The van der Waals surface area contributed by atoms with Crippen LogP contribution in [0.15, 0.2) is 12.2 Å². The summed E-state index contributed by atoms with van der Waals surface area (Å²) < 4.78 is 0. The fourth-order valence-electron chi connectivity index (χ4n) is 3.71. The van der Waals surface area contributed by atoms with Crippen LogP contribution in [0, 0.1) is 17.3 Å². The molecule has 0 aromatic carbocycles. The van der Waals surface area contributed by atoms with Crippen LogP contribution in [0.1, 0.15) is 46.0 Å². The summed E-state index contributed by atoms with van der Waals surface area (Å²) in [7, 11) is 0. The van der Waals surface area contributed by atoms with Crippen LogP contribution in [0.2, 0.25) is 0 Å². The first-order valence-corrected chi connectivity index (χ1v) is 6.48. The van der Waals surface area contributed by atoms with E-state index in [0.29, 0.717) is 11.3 Å². The molecule has 0 bridgehead atoms. The van der Waals surface area contributed by atoms with Gasteiger partial charge in [-0.25, -0.2) is 0 Å². The predicted molar refractivity (Wildman–Crippen MR) is 65.0 cm³/mol. The van der Waals surface area contributed by atoms with Gasteiger partial charge < -0.3 is 10.2 Å². The van der Waals surface area contributed by atoms with Gasteiger partial charge in [0.2, 0.25) is 0 Å². The van der Waals surface area contributed by atoms with Crippen LogP contribution in [-0.4, -0.2) is 22.4 Å². The lowest BCUT2D eigenvalue weighted by Crippen LogP contribution is -2.39. The standard InChI is InChI=1S/C14H24O2/c1-13(2)7-4-11-5-8-14(16,6-3-9-15)10-12(11)13/h3,6,11-12,15-16H,4-5,7-10H2,1-2H3/b6-3+. The average molecular weight is 224 g/mol. The Labute approximate surface area is 98.4 Å². The monoisotopic (exact) mass is 224 g/mol. The Morgan fingerprint density at radius 3 is 2.62 bits per heavy atom. The first kappa shape index (κ1) is 12.1. The Kier molecular flexibility index (Phi) is 3.15. The van der Waals surface area contributed by atoms with E-state index in [9.17, 15) is 5.11 Å². The molecule has 2 fully saturated rings. The van der Waals surface area contributed by atoms with Crippen molar-refractivity contribution in [2.75, 3.05) is 6.61 Å². The molecule has 0 aliphatic heterocycles. The lowest BCUT2D eigenvalue weighted by Gasteiger charge is -2.42. The fraction of sp³-hybridized carbons (Fsp3) is 0.857. The number of aliphatic hydroxyl groups excluding tert-OH is 1. The van der Waals surface area contributed by atoms with Crippen LogP contribution in [0.4, 0.5) is 0 Å². The molecule has 3 atom stereocenters. The zero-order chi connectivity index (χ0) is 11.8. The molecule has 2 N–H and O–H groups in total. The van der Waals surface area contributed by atoms with E-state index < -0.39 is 5.60 Å². The largest absolute Gasteiger partial charge is 0.392 e. The number of aliphatic hydroxyl groups is 2. The van der Waals surface area contributed by atoms with Crippen molar-refractivity contribution in [2.45, 2.75) is 51.6 Å². The smallest absolute Gasteiger partial charge is 0.0831 e. The van der Waals surface area contributed by atoms with Crippen LogP contribution >= 0.6 is 0 Å². The zero-order valence-electron chi connectivity index (χ0n) is 10.4. The first-order chi connectivity index (χ1) is 7.47. The molecule has 0 spiro atoms. The minimum atomic E-state index is -0.661. The second kappa shape index (κ2) is 4.15. The SMILES string of the molecule is CC1(C)CCC2CCC(O)(/C=C/CO)CC21. The van der Waals surface area contributed by atoms with Crippen molar-refractivity contribution in [1.29, 1.82) is 0 Å². The summed E-state index contributed by atoms with van der Waals surface area (Å²) in [6.45, 7) is 4.69. The van der Waals surface area contributed by atoms with Crippen LogP contribution in [0.3, 0.4) is 0 Å². The highest BCUT2D eigenvalue weighted by Crippen LogP contribution is 2.55. The third-order valence-electron chi connectivity index (χ3n) is 4.79. The van der Waals surface area contributed by atoms with Gasteiger partial charge >= 0.3 is 0 Å². The molecular weight excluding hydrogens is 200 g/mol. The summed E-state index contributed by atoms with van der Waals surface area (Å²) in [5.41, 5.74) is -0.280. The van der Waals surface area contributed by atoms with Crippen molar-refractivity contribution < 1.29 is 10.2 Å². The van der Waals surface area contributed by atoms with Gasteiger partial charge in [0.15, 0.2) is 0 Å². The zero-order valence-corrected chi connectivity index (χ0v) is 10.4. The second-order valence-electron chi connectivity index (χ2n) is 6.33. The van der Waals surface area contributed by atoms with Gasteiger partial charge in [-0.2, -0.15) is 0 Å². The van der Waals surface area contributed by atoms with Gasteiger partial charge in [-0.05, 0) is 49.4 Å². The summed E-state index contributed by atoms with van der Waals surface area (Å²) in [6, 6.07) is 0. The van der Waals surface area contributed by atoms with E-state index in [1.54, 1.807) is 6.08 Å². The molecule has 3 unspecified atom stereocenters. The molecule has 92 valence electrons. The van der Waals surface area contributed by atoms with E-state index in [4.69, 9.17) is 5.11 Å². The van der Waals surface area contributed by atoms with Crippen molar-refractivity contribution in [3.63, 3.8) is 0 Å². The third-order valence-corrected chi connectivity index (χ3v) is 4.79. The molecule has 2 nitrogen and oxygen atoms in total. The summed E-state index contributed by atoms with van der Waals surface area (Å²) in [6.07, 6.45) is 9.00. The minimum Gasteiger partial charge on any atom is -0.392 e. The summed E-state index contributed by atoms with van der Waals surface area (Å²) in [5.74, 6) is 1.47. The first-order valence-electron chi connectivity index (χ1n) is 6.48. The lowest BCUT2D eigenvalue weighted by molar-refractivity contribution is -0.0110. The topological polar surface area (TPSA) is 40.5 Å². The van der Waals surface area contributed by atoms with E-state index in [-0.39, 0.29) is 6.61 Å². The summed E-state index contributed by atoms with van der Waals surface area (Å²) in [4.78, 5) is 0. The molecule has 16 heavy (non-hydrogen) atoms. The quantitative estimate of drug-likeness (QED) is 0.708. The van der Waals surface area contributed by atoms with E-state index >= 15 is 0 Å². The van der Waals surface area contributed by atoms with E-state index in [0.717, 1.165) is 25.2 Å². The van der Waals surface area contributed by atoms with E-state index in [1.165, 1.54) is 12.8 Å². The minimum absolute atomic E-state index is 0.0276. The third kappa shape index (κ3) is 2.18. The Hall–Kier alpha value is -0.340. The lowest BCUT2D eigenvalue weighted by atomic mass is 9.66. The van der Waals surface area contributed by atoms with Gasteiger partial charge in [-0.1, -0.05) is 26.0 Å². The molecule has 0 saturated heterocycles. The molecule has 0 amide bonds. The molecule has 0 heterocycles. The molecule has 0 aromatic rings. The molecule has 0 aromatic heterocycles. The Bertz CT molecular complexity index is 282. The van der Waals surface area contributed by atoms with Gasteiger partial charge in [0.05, 0.1) is 12.2 Å². The maximum absolute atomic E-state index is 10.5. The number of rotatable bonds is 2. The molecule has 2 heteroatoms. The Balaban J connectivity index is 2.10. The van der Waals surface area contributed by atoms with Gasteiger partial charge in [0.25, 0.3) is 0 Å². The van der Waals surface area contributed by atoms with Gasteiger partial charge in [0.1, 0.15) is 0 Å². The van der Waals surface area contributed by atoms with Crippen LogP contribution in [-0.2, 0) is 0 Å². The van der Waals surface area contributed by atoms with Gasteiger partial charge in [0, 0.05) is 0 Å². The highest BCUT2D eigenvalue weighted by molar-refractivity contribution is 5.08. The summed E-state index contributed by atoms with van der Waals surface area (Å²) >= 11 is 0. The Morgan fingerprint density at radius 2 is 1.94 bits per heavy atom. The molecule has 2 rings (SSSR count). The maximum atomic E-state index is 10.5. The van der Waals surface area contributed by atoms with E-state index in [1.807, 2.05) is 6.08 Å². The normalized spacial score (nSPS) is 42.5. The number of hydrogen-bond acceptors (Lipinski definition) is 2. The van der Waals surface area contributed by atoms with Crippen molar-refractivity contribution in [2.24, 2.45) is 17.3 Å². The number of hydrogen-bond donors (Lipinski definition) is 2. The summed E-state index contributed by atoms with van der Waals surface area (Å²) in [5, 5.41) is 19.3. The molecular formula is C14H24O2. The van der Waals surface area contributed by atoms with Crippen LogP contribution < -0.4 is 0 Å². The van der Waals surface area contributed by atoms with E-state index in [2.05, 4.69) is 13.8 Å². The van der Waals surface area contributed by atoms with Crippen molar-refractivity contribution in [1.82, 2.24) is 0 Å². The van der Waals surface area contributed by atoms with Crippen LogP contribution in [0.25, 0.3) is 0 Å². The Morgan fingerprint density at radius 1 is 1.25 bits per heavy atom. The molecule has 0 radical (unpaired) electrons. The van der Waals surface area contributed by atoms with Crippen molar-refractivity contribution >= 4 is 0 Å². The van der Waals surface area contributed by atoms with Gasteiger partial charge in [-0.15, -0.1) is 0 Å². The van der Waals surface area contributed by atoms with Crippen molar-refractivity contribution in [3.05, 3.63) is 12.2 Å². The molecule has 2 aliphatic carbocycles. The highest BCUT2D eigenvalue weighted by atomic mass is 16.3. The average Bonchev–Trinajstić information content (AvgIpc) is 2.52. The predicted octanol–water partition coefficient (Wildman–Crippen LogP) is 2.50. The molecule has 2 saturated carbocycles. The molecule has 2 aliphatic rings. The highest BCUT2D eigenvalue weighted by Gasteiger charge is 2.48. The fourth-order valence-corrected chi connectivity index (χ4v) is 3.71. The second-order valence-corrected chi connectivity index (χ2v) is 6.33. The van der Waals surface area contributed by atoms with Crippen molar-refractivity contribution in [3.8, 4) is 0 Å². The number of fused-ring (bicyclic) bond motifs is 1. The maximum Gasteiger partial charge on any atom is 0.0831 e. The van der Waals surface area contributed by atoms with Crippen LogP contribution in [0.5, 0.6) is 0 Å².